The van der Waals surface area contributed by atoms with E-state index in [9.17, 15) is 18.3 Å². The van der Waals surface area contributed by atoms with Crippen LogP contribution >= 0.6 is 0 Å². The molecule has 0 radical (unpaired) electrons. The van der Waals surface area contributed by atoms with E-state index in [0.29, 0.717) is 5.56 Å². The van der Waals surface area contributed by atoms with Crippen molar-refractivity contribution in [3.8, 4) is 0 Å². The van der Waals surface area contributed by atoms with Crippen LogP contribution in [0.1, 0.15) is 16.5 Å². The lowest BCUT2D eigenvalue weighted by molar-refractivity contribution is -0.268. The number of rotatable bonds is 4. The van der Waals surface area contributed by atoms with Crippen LogP contribution in [0.15, 0.2) is 30.3 Å². The highest BCUT2D eigenvalue weighted by atomic mass is 19.4. The molecule has 1 aromatic rings. The summed E-state index contributed by atoms with van der Waals surface area (Å²) in [4.78, 5) is 0. The van der Waals surface area contributed by atoms with Crippen molar-refractivity contribution in [3.05, 3.63) is 35.9 Å². The maximum Gasteiger partial charge on any atom is 0.419 e. The number of benzene rings is 1. The molecule has 0 aliphatic rings. The van der Waals surface area contributed by atoms with Crippen LogP contribution < -0.4 is 0 Å². The quantitative estimate of drug-likeness (QED) is 0.871. The van der Waals surface area contributed by atoms with Gasteiger partial charge in [0.15, 0.2) is 5.60 Å². The molecule has 0 saturated carbocycles. The van der Waals surface area contributed by atoms with Crippen molar-refractivity contribution < 1.29 is 27.1 Å². The molecule has 2 nitrogen and oxygen atoms in total. The summed E-state index contributed by atoms with van der Waals surface area (Å²) >= 11 is 0. The zero-order chi connectivity index (χ0) is 14.7. The summed E-state index contributed by atoms with van der Waals surface area (Å²) < 4.78 is 63.0. The minimum atomic E-state index is -5.30. The molecule has 0 fully saturated rings. The zero-order valence-electron chi connectivity index (χ0n) is 11.3. The molecule has 5 heteroatoms. The van der Waals surface area contributed by atoms with Gasteiger partial charge >= 0.3 is 6.18 Å². The number of halogens is 3. The molecule has 1 aromatic carbocycles. The maximum absolute atomic E-state index is 12.6. The van der Waals surface area contributed by atoms with Crippen LogP contribution in [0.3, 0.4) is 0 Å². The van der Waals surface area contributed by atoms with Gasteiger partial charge in [-0.25, -0.2) is 0 Å². The lowest BCUT2D eigenvalue weighted by Gasteiger charge is -2.25. The van der Waals surface area contributed by atoms with Crippen LogP contribution in [0.25, 0.3) is 0 Å². The second-order valence-electron chi connectivity index (χ2n) is 3.34. The van der Waals surface area contributed by atoms with Crippen LogP contribution in [0.5, 0.6) is 0 Å². The van der Waals surface area contributed by atoms with Crippen LogP contribution in [0, 0.1) is 0 Å². The topological polar surface area (TPSA) is 29.5 Å². The van der Waals surface area contributed by atoms with Crippen LogP contribution in [-0.4, -0.2) is 23.5 Å². The Morgan fingerprint density at radius 2 is 1.94 bits per heavy atom. The third-order valence-corrected chi connectivity index (χ3v) is 1.89. The third-order valence-electron chi connectivity index (χ3n) is 1.89. The van der Waals surface area contributed by atoms with Gasteiger partial charge in [-0.1, -0.05) is 30.3 Å². The Kier molecular flexibility index (Phi) is 2.73. The SMILES string of the molecule is [2H]C([2H])([2H])C(O)(COCc1ccccc1)C(F)(F)F. The minimum absolute atomic E-state index is 0.213. The Morgan fingerprint density at radius 1 is 1.31 bits per heavy atom. The minimum Gasteiger partial charge on any atom is -0.379 e. The fourth-order valence-corrected chi connectivity index (χ4v) is 0.973. The van der Waals surface area contributed by atoms with Gasteiger partial charge in [-0.15, -0.1) is 0 Å². The molecule has 1 atom stereocenters. The van der Waals surface area contributed by atoms with Crippen molar-refractivity contribution >= 4 is 0 Å². The van der Waals surface area contributed by atoms with E-state index in [0.717, 1.165) is 0 Å². The van der Waals surface area contributed by atoms with E-state index in [-0.39, 0.29) is 6.61 Å². The molecule has 0 aliphatic carbocycles. The van der Waals surface area contributed by atoms with Gasteiger partial charge in [0, 0.05) is 4.11 Å². The smallest absolute Gasteiger partial charge is 0.379 e. The first-order valence-corrected chi connectivity index (χ1v) is 4.49. The summed E-state index contributed by atoms with van der Waals surface area (Å²) in [6, 6.07) is 8.28. The van der Waals surface area contributed by atoms with Crippen molar-refractivity contribution in [1.29, 1.82) is 0 Å². The molecule has 1 N–H and O–H groups in total. The number of hydrogen-bond acceptors (Lipinski definition) is 2. The predicted octanol–water partition coefficient (Wildman–Crippen LogP) is 2.52. The molecule has 0 spiro atoms. The molecule has 1 unspecified atom stereocenters. The zero-order valence-corrected chi connectivity index (χ0v) is 8.29. The van der Waals surface area contributed by atoms with Crippen molar-refractivity contribution in [2.24, 2.45) is 0 Å². The Hall–Kier alpha value is -1.07. The van der Waals surface area contributed by atoms with E-state index in [1.165, 1.54) is 0 Å². The van der Waals surface area contributed by atoms with Gasteiger partial charge in [-0.2, -0.15) is 13.2 Å². The molecular weight excluding hydrogens is 221 g/mol. The summed E-state index contributed by atoms with van der Waals surface area (Å²) in [7, 11) is 0. The molecule has 0 heterocycles. The lowest BCUT2D eigenvalue weighted by atomic mass is 10.1. The Morgan fingerprint density at radius 3 is 2.44 bits per heavy atom. The first-order chi connectivity index (χ1) is 8.58. The van der Waals surface area contributed by atoms with Crippen molar-refractivity contribution in [3.63, 3.8) is 0 Å². The van der Waals surface area contributed by atoms with Crippen molar-refractivity contribution in [2.75, 3.05) is 6.61 Å². The third kappa shape index (κ3) is 3.50. The Bertz CT molecular complexity index is 390. The second-order valence-corrected chi connectivity index (χ2v) is 3.34. The van der Waals surface area contributed by atoms with Gasteiger partial charge < -0.3 is 9.84 Å². The van der Waals surface area contributed by atoms with E-state index >= 15 is 0 Å². The van der Waals surface area contributed by atoms with E-state index in [1.807, 2.05) is 0 Å². The summed E-state index contributed by atoms with van der Waals surface area (Å²) in [6.45, 7) is -5.17. The van der Waals surface area contributed by atoms with E-state index < -0.39 is 25.2 Å². The average Bonchev–Trinajstić information content (AvgIpc) is 2.27. The summed E-state index contributed by atoms with van der Waals surface area (Å²) in [5.41, 5.74) is -3.29. The lowest BCUT2D eigenvalue weighted by Crippen LogP contribution is -2.46. The number of hydrogen-bond donors (Lipinski definition) is 1. The van der Waals surface area contributed by atoms with Gasteiger partial charge in [-0.05, 0) is 12.4 Å². The van der Waals surface area contributed by atoms with Gasteiger partial charge in [0.2, 0.25) is 0 Å². The molecular formula is C11H13F3O2. The van der Waals surface area contributed by atoms with Crippen molar-refractivity contribution in [1.82, 2.24) is 0 Å². The molecule has 0 bridgehead atoms. The molecule has 90 valence electrons. The molecule has 0 aromatic heterocycles. The van der Waals surface area contributed by atoms with Gasteiger partial charge in [0.25, 0.3) is 0 Å². The van der Waals surface area contributed by atoms with Gasteiger partial charge in [0.05, 0.1) is 13.2 Å². The van der Waals surface area contributed by atoms with Gasteiger partial charge in [0.1, 0.15) is 0 Å². The van der Waals surface area contributed by atoms with Crippen LogP contribution in [0.2, 0.25) is 0 Å². The molecule has 0 aliphatic heterocycles. The highest BCUT2D eigenvalue weighted by Crippen LogP contribution is 2.30. The largest absolute Gasteiger partial charge is 0.419 e. The number of ether oxygens (including phenoxy) is 1. The Balaban J connectivity index is 2.71. The van der Waals surface area contributed by atoms with E-state index in [2.05, 4.69) is 0 Å². The van der Waals surface area contributed by atoms with Crippen molar-refractivity contribution in [2.45, 2.75) is 25.2 Å². The first-order valence-electron chi connectivity index (χ1n) is 5.99. The van der Waals surface area contributed by atoms with Crippen LogP contribution in [-0.2, 0) is 11.3 Å². The normalized spacial score (nSPS) is 19.4. The summed E-state index contributed by atoms with van der Waals surface area (Å²) in [5, 5.41) is 9.35. The van der Waals surface area contributed by atoms with E-state index in [1.54, 1.807) is 30.3 Å². The predicted molar refractivity (Wildman–Crippen MR) is 52.8 cm³/mol. The highest BCUT2D eigenvalue weighted by Gasteiger charge is 2.50. The fraction of sp³-hybridized carbons (Fsp3) is 0.455. The summed E-state index contributed by atoms with van der Waals surface area (Å²) in [5.74, 6) is 0. The molecule has 0 amide bonds. The number of alkyl halides is 3. The average molecular weight is 237 g/mol. The monoisotopic (exact) mass is 237 g/mol. The van der Waals surface area contributed by atoms with Crippen LogP contribution in [0.4, 0.5) is 13.2 Å². The molecule has 1 rings (SSSR count). The second kappa shape index (κ2) is 4.84. The summed E-state index contributed by atoms with van der Waals surface area (Å²) in [6.07, 6.45) is -5.30. The Labute approximate surface area is 95.9 Å². The standard InChI is InChI=1S/C11H13F3O2/c1-10(15,11(12,13)14)8-16-7-9-5-3-2-4-6-9/h2-6,15H,7-8H2,1H3/i1D3. The fourth-order valence-electron chi connectivity index (χ4n) is 0.973. The first kappa shape index (κ1) is 9.01. The maximum atomic E-state index is 12.6. The molecule has 16 heavy (non-hydrogen) atoms. The highest BCUT2D eigenvalue weighted by molar-refractivity contribution is 5.13. The van der Waals surface area contributed by atoms with E-state index in [4.69, 9.17) is 8.85 Å². The number of aliphatic hydroxyl groups is 1. The molecule has 0 saturated heterocycles. The van der Waals surface area contributed by atoms with Gasteiger partial charge in [-0.3, -0.25) is 0 Å².